The quantitative estimate of drug-likeness (QED) is 0.698. The molecule has 1 saturated carbocycles. The zero-order valence-electron chi connectivity index (χ0n) is 13.0. The molecule has 0 bridgehead atoms. The second-order valence-electron chi connectivity index (χ2n) is 5.88. The number of H-pyrrole nitrogens is 1. The lowest BCUT2D eigenvalue weighted by atomic mass is 10.0. The molecule has 1 amide bonds. The van der Waals surface area contributed by atoms with Gasteiger partial charge in [-0.15, -0.1) is 5.10 Å². The van der Waals surface area contributed by atoms with Gasteiger partial charge in [0.25, 0.3) is 0 Å². The van der Waals surface area contributed by atoms with E-state index in [9.17, 15) is 9.18 Å². The fourth-order valence-corrected chi connectivity index (χ4v) is 3.78. The molecular weight excluding hydrogens is 395 g/mol. The van der Waals surface area contributed by atoms with Crippen LogP contribution in [0.5, 0.6) is 0 Å². The molecule has 128 valence electrons. The maximum absolute atomic E-state index is 13.7. The van der Waals surface area contributed by atoms with E-state index < -0.39 is 5.82 Å². The number of amides is 1. The molecule has 24 heavy (non-hydrogen) atoms. The SMILES string of the molecule is O=C(CSc1n[nH]c(CC2CCCC2)n1)Nc1ccc(Br)cc1F. The number of hydrogen-bond acceptors (Lipinski definition) is 4. The van der Waals surface area contributed by atoms with Gasteiger partial charge in [-0.1, -0.05) is 53.4 Å². The first kappa shape index (κ1) is 17.4. The second-order valence-corrected chi connectivity index (χ2v) is 7.74. The summed E-state index contributed by atoms with van der Waals surface area (Å²) in [4.78, 5) is 16.4. The Morgan fingerprint density at radius 1 is 1.42 bits per heavy atom. The number of carbonyl (C=O) groups is 1. The fourth-order valence-electron chi connectivity index (χ4n) is 2.83. The lowest BCUT2D eigenvalue weighted by molar-refractivity contribution is -0.113. The number of thioether (sulfide) groups is 1. The van der Waals surface area contributed by atoms with E-state index in [4.69, 9.17) is 0 Å². The van der Waals surface area contributed by atoms with Crippen LogP contribution < -0.4 is 5.32 Å². The molecule has 0 radical (unpaired) electrons. The van der Waals surface area contributed by atoms with Crippen molar-refractivity contribution in [1.29, 1.82) is 0 Å². The molecule has 2 aromatic rings. The van der Waals surface area contributed by atoms with Crippen LogP contribution in [0.3, 0.4) is 0 Å². The maximum atomic E-state index is 13.7. The summed E-state index contributed by atoms with van der Waals surface area (Å²) in [5, 5.41) is 10.2. The van der Waals surface area contributed by atoms with E-state index in [0.29, 0.717) is 15.5 Å². The summed E-state index contributed by atoms with van der Waals surface area (Å²) in [6, 6.07) is 4.51. The first-order chi connectivity index (χ1) is 11.6. The van der Waals surface area contributed by atoms with Gasteiger partial charge in [0.2, 0.25) is 11.1 Å². The van der Waals surface area contributed by atoms with Gasteiger partial charge in [0.1, 0.15) is 11.6 Å². The van der Waals surface area contributed by atoms with E-state index in [-0.39, 0.29) is 17.3 Å². The Hall–Kier alpha value is -1.41. The van der Waals surface area contributed by atoms with Gasteiger partial charge in [0.05, 0.1) is 11.4 Å². The summed E-state index contributed by atoms with van der Waals surface area (Å²) in [5.41, 5.74) is 0.167. The van der Waals surface area contributed by atoms with Gasteiger partial charge in [0, 0.05) is 10.9 Å². The number of halogens is 2. The topological polar surface area (TPSA) is 70.7 Å². The lowest BCUT2D eigenvalue weighted by Gasteiger charge is -2.05. The van der Waals surface area contributed by atoms with E-state index in [0.717, 1.165) is 12.2 Å². The van der Waals surface area contributed by atoms with E-state index in [1.807, 2.05) is 0 Å². The molecule has 1 aromatic heterocycles. The summed E-state index contributed by atoms with van der Waals surface area (Å²) in [5.74, 6) is 0.946. The molecule has 3 rings (SSSR count). The summed E-state index contributed by atoms with van der Waals surface area (Å²) in [6.45, 7) is 0. The minimum absolute atomic E-state index is 0.135. The second kappa shape index (κ2) is 8.11. The number of hydrogen-bond donors (Lipinski definition) is 2. The van der Waals surface area contributed by atoms with Crippen LogP contribution in [0.15, 0.2) is 27.8 Å². The van der Waals surface area contributed by atoms with Crippen molar-refractivity contribution in [3.8, 4) is 0 Å². The molecule has 0 saturated heterocycles. The standard InChI is InChI=1S/C16H18BrFN4OS/c17-11-5-6-13(12(18)8-11)19-15(23)9-24-16-20-14(21-22-16)7-10-3-1-2-4-10/h5-6,8,10H,1-4,7,9H2,(H,19,23)(H,20,21,22). The van der Waals surface area contributed by atoms with Crippen LogP contribution in [0.2, 0.25) is 0 Å². The monoisotopic (exact) mass is 412 g/mol. The largest absolute Gasteiger partial charge is 0.323 e. The van der Waals surface area contributed by atoms with Gasteiger partial charge >= 0.3 is 0 Å². The molecular formula is C16H18BrFN4OS. The molecule has 2 N–H and O–H groups in total. The van der Waals surface area contributed by atoms with Gasteiger partial charge in [-0.05, 0) is 24.1 Å². The number of aromatic nitrogens is 3. The van der Waals surface area contributed by atoms with Crippen LogP contribution in [-0.2, 0) is 11.2 Å². The van der Waals surface area contributed by atoms with Crippen molar-refractivity contribution < 1.29 is 9.18 Å². The zero-order chi connectivity index (χ0) is 16.9. The summed E-state index contributed by atoms with van der Waals surface area (Å²) >= 11 is 4.42. The average Bonchev–Trinajstić information content (AvgIpc) is 3.20. The highest BCUT2D eigenvalue weighted by Gasteiger charge is 2.17. The van der Waals surface area contributed by atoms with Crippen LogP contribution in [-0.4, -0.2) is 26.8 Å². The molecule has 8 heteroatoms. The number of carbonyl (C=O) groups excluding carboxylic acids is 1. The summed E-state index contributed by atoms with van der Waals surface area (Å²) < 4.78 is 14.3. The molecule has 0 spiro atoms. The Morgan fingerprint density at radius 2 is 2.21 bits per heavy atom. The number of rotatable bonds is 6. The predicted octanol–water partition coefficient (Wildman–Crippen LogP) is 4.17. The molecule has 0 unspecified atom stereocenters. The zero-order valence-corrected chi connectivity index (χ0v) is 15.4. The average molecular weight is 413 g/mol. The highest BCUT2D eigenvalue weighted by atomic mass is 79.9. The Kier molecular flexibility index (Phi) is 5.89. The molecule has 1 aromatic carbocycles. The number of anilines is 1. The number of nitrogens with one attached hydrogen (secondary N) is 2. The van der Waals surface area contributed by atoms with Crippen LogP contribution in [0.1, 0.15) is 31.5 Å². The highest BCUT2D eigenvalue weighted by Crippen LogP contribution is 2.27. The third-order valence-corrected chi connectivity index (χ3v) is 5.35. The van der Waals surface area contributed by atoms with Crippen molar-refractivity contribution in [2.75, 3.05) is 11.1 Å². The Bertz CT molecular complexity index is 718. The van der Waals surface area contributed by atoms with Gasteiger partial charge < -0.3 is 5.32 Å². The van der Waals surface area contributed by atoms with Crippen molar-refractivity contribution in [3.63, 3.8) is 0 Å². The van der Waals surface area contributed by atoms with Gasteiger partial charge in [-0.3, -0.25) is 9.89 Å². The Morgan fingerprint density at radius 3 is 2.96 bits per heavy atom. The molecule has 1 heterocycles. The Balaban J connectivity index is 1.48. The number of aromatic amines is 1. The van der Waals surface area contributed by atoms with Crippen LogP contribution in [0, 0.1) is 11.7 Å². The van der Waals surface area contributed by atoms with Crippen molar-refractivity contribution in [3.05, 3.63) is 34.3 Å². The molecule has 0 atom stereocenters. The molecule has 1 aliphatic carbocycles. The van der Waals surface area contributed by atoms with Crippen LogP contribution in [0.4, 0.5) is 10.1 Å². The van der Waals surface area contributed by atoms with Gasteiger partial charge in [-0.2, -0.15) is 0 Å². The van der Waals surface area contributed by atoms with Crippen molar-refractivity contribution in [2.24, 2.45) is 5.92 Å². The third kappa shape index (κ3) is 4.80. The van der Waals surface area contributed by atoms with Crippen LogP contribution in [0.25, 0.3) is 0 Å². The van der Waals surface area contributed by atoms with Gasteiger partial charge in [0.15, 0.2) is 0 Å². The predicted molar refractivity (Wildman–Crippen MR) is 95.5 cm³/mol. The summed E-state index contributed by atoms with van der Waals surface area (Å²) in [7, 11) is 0. The number of benzene rings is 1. The van der Waals surface area contributed by atoms with Crippen molar-refractivity contribution in [2.45, 2.75) is 37.3 Å². The maximum Gasteiger partial charge on any atom is 0.234 e. The lowest BCUT2D eigenvalue weighted by Crippen LogP contribution is -2.15. The fraction of sp³-hybridized carbons (Fsp3) is 0.438. The summed E-state index contributed by atoms with van der Waals surface area (Å²) in [6.07, 6.45) is 6.03. The van der Waals surface area contributed by atoms with Crippen molar-refractivity contribution in [1.82, 2.24) is 15.2 Å². The van der Waals surface area contributed by atoms with E-state index in [1.54, 1.807) is 6.07 Å². The third-order valence-electron chi connectivity index (χ3n) is 4.01. The van der Waals surface area contributed by atoms with E-state index >= 15 is 0 Å². The van der Waals surface area contributed by atoms with Crippen LogP contribution >= 0.6 is 27.7 Å². The Labute approximate surface area is 152 Å². The first-order valence-corrected chi connectivity index (χ1v) is 9.67. The normalized spacial score (nSPS) is 14.9. The molecule has 5 nitrogen and oxygen atoms in total. The smallest absolute Gasteiger partial charge is 0.234 e. The minimum atomic E-state index is -0.473. The van der Waals surface area contributed by atoms with E-state index in [1.165, 1.54) is 49.6 Å². The number of nitrogens with zero attached hydrogens (tertiary/aromatic N) is 2. The molecule has 1 aliphatic rings. The highest BCUT2D eigenvalue weighted by molar-refractivity contribution is 9.10. The van der Waals surface area contributed by atoms with E-state index in [2.05, 4.69) is 36.4 Å². The molecule has 0 aliphatic heterocycles. The van der Waals surface area contributed by atoms with Gasteiger partial charge in [-0.25, -0.2) is 9.37 Å². The molecule has 1 fully saturated rings. The first-order valence-electron chi connectivity index (χ1n) is 7.89. The van der Waals surface area contributed by atoms with Crippen molar-refractivity contribution >= 4 is 39.3 Å². The minimum Gasteiger partial charge on any atom is -0.323 e.